The number of fused-ring (bicyclic) bond motifs is 1. The number of hydrogen-bond donors (Lipinski definition) is 1. The van der Waals surface area contributed by atoms with E-state index in [4.69, 9.17) is 9.29 Å². The van der Waals surface area contributed by atoms with E-state index in [1.807, 2.05) is 6.92 Å². The minimum atomic E-state index is -3.62. The summed E-state index contributed by atoms with van der Waals surface area (Å²) in [7, 11) is -1.82. The van der Waals surface area contributed by atoms with E-state index in [1.165, 1.54) is 19.1 Å². The van der Waals surface area contributed by atoms with Crippen molar-refractivity contribution in [3.63, 3.8) is 0 Å². The molecule has 1 N–H and O–H groups in total. The molecule has 0 aliphatic heterocycles. The first kappa shape index (κ1) is 22.6. The molecular formula is C19H19BrN2O6S. The van der Waals surface area contributed by atoms with Gasteiger partial charge in [0.25, 0.3) is 0 Å². The van der Waals surface area contributed by atoms with Crippen LogP contribution in [0.1, 0.15) is 33.3 Å². The Kier molecular flexibility index (Phi) is 6.81. The molecule has 0 aliphatic carbocycles. The molecule has 3 aromatic rings. The van der Waals surface area contributed by atoms with Crippen LogP contribution in [0.5, 0.6) is 5.75 Å². The first-order valence-electron chi connectivity index (χ1n) is 8.25. The van der Waals surface area contributed by atoms with Crippen LogP contribution in [-0.4, -0.2) is 41.3 Å². The SMILES string of the molecule is CC(=O)c1ccc(Br)cc1OS(C)(=O)=O.Cc1nn(C)c2cc(C(=O)O)ccc12. The third kappa shape index (κ3) is 5.88. The van der Waals surface area contributed by atoms with Crippen molar-refractivity contribution in [2.24, 2.45) is 7.05 Å². The molecule has 2 aromatic carbocycles. The van der Waals surface area contributed by atoms with Crippen LogP contribution < -0.4 is 4.18 Å². The number of hydrogen-bond acceptors (Lipinski definition) is 6. The number of aryl methyl sites for hydroxylation is 2. The maximum Gasteiger partial charge on any atom is 0.335 e. The van der Waals surface area contributed by atoms with Crippen LogP contribution in [0.4, 0.5) is 0 Å². The summed E-state index contributed by atoms with van der Waals surface area (Å²) in [4.78, 5) is 21.9. The van der Waals surface area contributed by atoms with Gasteiger partial charge in [-0.25, -0.2) is 4.79 Å². The lowest BCUT2D eigenvalue weighted by Gasteiger charge is -2.07. The van der Waals surface area contributed by atoms with E-state index in [-0.39, 0.29) is 17.1 Å². The number of Topliss-reactive ketones (excluding diaryl/α,β-unsaturated/α-hetero) is 1. The molecule has 0 unspecified atom stereocenters. The Balaban J connectivity index is 0.000000207. The van der Waals surface area contributed by atoms with Crippen molar-refractivity contribution in [3.8, 4) is 5.75 Å². The Morgan fingerprint density at radius 2 is 1.83 bits per heavy atom. The van der Waals surface area contributed by atoms with Crippen LogP contribution in [-0.2, 0) is 17.2 Å². The molecule has 0 atom stereocenters. The molecule has 1 aromatic heterocycles. The van der Waals surface area contributed by atoms with Crippen molar-refractivity contribution < 1.29 is 27.3 Å². The van der Waals surface area contributed by atoms with Crippen molar-refractivity contribution in [1.29, 1.82) is 0 Å². The monoisotopic (exact) mass is 482 g/mol. The molecule has 8 nitrogen and oxygen atoms in total. The Morgan fingerprint density at radius 1 is 1.17 bits per heavy atom. The molecule has 0 saturated heterocycles. The largest absolute Gasteiger partial charge is 0.478 e. The molecule has 10 heteroatoms. The van der Waals surface area contributed by atoms with E-state index in [0.29, 0.717) is 10.0 Å². The zero-order chi connectivity index (χ0) is 21.9. The fourth-order valence-corrected chi connectivity index (χ4v) is 3.39. The molecule has 0 bridgehead atoms. The molecule has 0 saturated carbocycles. The number of aromatic carboxylic acids is 1. The Labute approximate surface area is 176 Å². The number of aromatic nitrogens is 2. The number of rotatable bonds is 4. The molecule has 0 radical (unpaired) electrons. The highest BCUT2D eigenvalue weighted by molar-refractivity contribution is 9.10. The van der Waals surface area contributed by atoms with Crippen molar-refractivity contribution >= 4 is 48.7 Å². The first-order chi connectivity index (χ1) is 13.4. The average molecular weight is 483 g/mol. The molecule has 0 spiro atoms. The van der Waals surface area contributed by atoms with Crippen LogP contribution in [0, 0.1) is 6.92 Å². The fourth-order valence-electron chi connectivity index (χ4n) is 2.59. The predicted molar refractivity (Wildman–Crippen MR) is 112 cm³/mol. The molecule has 1 heterocycles. The first-order valence-corrected chi connectivity index (χ1v) is 10.9. The van der Waals surface area contributed by atoms with E-state index < -0.39 is 16.1 Å². The van der Waals surface area contributed by atoms with E-state index in [2.05, 4.69) is 21.0 Å². The molecule has 0 aliphatic rings. The van der Waals surface area contributed by atoms with E-state index in [9.17, 15) is 18.0 Å². The summed E-state index contributed by atoms with van der Waals surface area (Å²) in [5.41, 5.74) is 2.30. The van der Waals surface area contributed by atoms with Crippen molar-refractivity contribution in [2.45, 2.75) is 13.8 Å². The fraction of sp³-hybridized carbons (Fsp3) is 0.211. The van der Waals surface area contributed by atoms with Crippen LogP contribution in [0.2, 0.25) is 0 Å². The Morgan fingerprint density at radius 3 is 2.38 bits per heavy atom. The lowest BCUT2D eigenvalue weighted by molar-refractivity contribution is 0.0696. The normalized spacial score (nSPS) is 10.9. The van der Waals surface area contributed by atoms with Gasteiger partial charge < -0.3 is 9.29 Å². The summed E-state index contributed by atoms with van der Waals surface area (Å²) in [6.07, 6.45) is 0.928. The van der Waals surface area contributed by atoms with Crippen LogP contribution in [0.25, 0.3) is 10.9 Å². The van der Waals surface area contributed by atoms with Crippen LogP contribution >= 0.6 is 15.9 Å². The Bertz CT molecular complexity index is 1200. The third-order valence-electron chi connectivity index (χ3n) is 3.85. The highest BCUT2D eigenvalue weighted by Crippen LogP contribution is 2.25. The zero-order valence-corrected chi connectivity index (χ0v) is 18.5. The smallest absolute Gasteiger partial charge is 0.335 e. The summed E-state index contributed by atoms with van der Waals surface area (Å²) >= 11 is 3.17. The summed E-state index contributed by atoms with van der Waals surface area (Å²) in [5, 5.41) is 14.0. The molecule has 3 rings (SSSR count). The minimum absolute atomic E-state index is 0.0411. The minimum Gasteiger partial charge on any atom is -0.478 e. The molecule has 29 heavy (non-hydrogen) atoms. The summed E-state index contributed by atoms with van der Waals surface area (Å²) in [5.74, 6) is -1.12. The molecular weight excluding hydrogens is 464 g/mol. The third-order valence-corrected chi connectivity index (χ3v) is 4.82. The summed E-state index contributed by atoms with van der Waals surface area (Å²) < 4.78 is 28.9. The summed E-state index contributed by atoms with van der Waals surface area (Å²) in [6, 6.07) is 9.62. The lowest BCUT2D eigenvalue weighted by atomic mass is 10.1. The number of carbonyl (C=O) groups is 2. The van der Waals surface area contributed by atoms with E-state index in [1.54, 1.807) is 36.0 Å². The van der Waals surface area contributed by atoms with Gasteiger partial charge in [-0.1, -0.05) is 22.0 Å². The van der Waals surface area contributed by atoms with Gasteiger partial charge >= 0.3 is 16.1 Å². The van der Waals surface area contributed by atoms with Gasteiger partial charge in [0, 0.05) is 16.9 Å². The predicted octanol–water partition coefficient (Wildman–Crippen LogP) is 3.57. The van der Waals surface area contributed by atoms with Crippen molar-refractivity contribution in [1.82, 2.24) is 9.78 Å². The van der Waals surface area contributed by atoms with Gasteiger partial charge in [-0.05, 0) is 44.2 Å². The molecule has 0 fully saturated rings. The second-order valence-corrected chi connectivity index (χ2v) is 8.72. The average Bonchev–Trinajstić information content (AvgIpc) is 2.87. The maximum atomic E-state index is 11.2. The van der Waals surface area contributed by atoms with Crippen molar-refractivity contribution in [3.05, 3.63) is 57.7 Å². The van der Waals surface area contributed by atoms with Crippen molar-refractivity contribution in [2.75, 3.05) is 6.26 Å². The second kappa shape index (κ2) is 8.75. The standard InChI is InChI=1S/C10H10N2O2.C9H9BrO4S/c1-6-8-4-3-7(10(13)14)5-9(8)12(2)11-6;1-6(11)8-4-3-7(10)5-9(8)14-15(2,12)13/h3-5H,1-2H3,(H,13,14);3-5H,1-2H3. The Hall–Kier alpha value is -2.72. The number of carbonyl (C=O) groups excluding carboxylic acids is 1. The van der Waals surface area contributed by atoms with Gasteiger partial charge in [-0.2, -0.15) is 13.5 Å². The van der Waals surface area contributed by atoms with Gasteiger partial charge in [-0.15, -0.1) is 0 Å². The number of halogens is 1. The number of benzene rings is 2. The topological polar surface area (TPSA) is 116 Å². The van der Waals surface area contributed by atoms with Crippen LogP contribution in [0.3, 0.4) is 0 Å². The number of carboxylic acids is 1. The number of nitrogens with zero attached hydrogens (tertiary/aromatic N) is 2. The van der Waals surface area contributed by atoms with E-state index >= 15 is 0 Å². The van der Waals surface area contributed by atoms with Gasteiger partial charge in [0.1, 0.15) is 0 Å². The van der Waals surface area contributed by atoms with Gasteiger partial charge in [-0.3, -0.25) is 9.48 Å². The number of ketones is 1. The zero-order valence-electron chi connectivity index (χ0n) is 16.1. The van der Waals surface area contributed by atoms with E-state index in [0.717, 1.165) is 22.9 Å². The number of carboxylic acid groups (broad SMARTS) is 1. The second-order valence-electron chi connectivity index (χ2n) is 6.23. The van der Waals surface area contributed by atoms with Gasteiger partial charge in [0.15, 0.2) is 11.5 Å². The molecule has 0 amide bonds. The van der Waals surface area contributed by atoms with Gasteiger partial charge in [0.05, 0.1) is 28.6 Å². The maximum absolute atomic E-state index is 11.2. The van der Waals surface area contributed by atoms with Gasteiger partial charge in [0.2, 0.25) is 0 Å². The highest BCUT2D eigenvalue weighted by atomic mass is 79.9. The molecule has 154 valence electrons. The quantitative estimate of drug-likeness (QED) is 0.446. The van der Waals surface area contributed by atoms with Crippen LogP contribution in [0.15, 0.2) is 40.9 Å². The highest BCUT2D eigenvalue weighted by Gasteiger charge is 2.13. The summed E-state index contributed by atoms with van der Waals surface area (Å²) in [6.45, 7) is 3.25. The lowest BCUT2D eigenvalue weighted by Crippen LogP contribution is -2.08.